The number of nitrogens with zero attached hydrogens (tertiary/aromatic N) is 2. The molecule has 160 valence electrons. The van der Waals surface area contributed by atoms with E-state index in [1.54, 1.807) is 39.0 Å². The van der Waals surface area contributed by atoms with E-state index in [0.29, 0.717) is 16.3 Å². The van der Waals surface area contributed by atoms with E-state index in [9.17, 15) is 19.5 Å². The number of rotatable bonds is 6. The molecule has 0 radical (unpaired) electrons. The maximum absolute atomic E-state index is 13.2. The summed E-state index contributed by atoms with van der Waals surface area (Å²) in [7, 11) is 0. The number of aromatic nitrogens is 1. The number of aliphatic hydroxyl groups excluding tert-OH is 1. The second-order valence-corrected chi connectivity index (χ2v) is 8.68. The van der Waals surface area contributed by atoms with Crippen LogP contribution in [0.5, 0.6) is 0 Å². The minimum absolute atomic E-state index is 0.0257. The van der Waals surface area contributed by atoms with Gasteiger partial charge in [-0.15, -0.1) is 11.3 Å². The number of carbonyl (C=O) groups excluding carboxylic acids is 3. The zero-order valence-electron chi connectivity index (χ0n) is 16.9. The molecular formula is C21H18N2O6S2. The maximum atomic E-state index is 13.2. The van der Waals surface area contributed by atoms with Crippen molar-refractivity contribution >= 4 is 45.5 Å². The van der Waals surface area contributed by atoms with Crippen molar-refractivity contribution in [3.8, 4) is 0 Å². The van der Waals surface area contributed by atoms with E-state index in [-0.39, 0.29) is 27.9 Å². The number of aliphatic hydroxyl groups is 1. The van der Waals surface area contributed by atoms with Gasteiger partial charge in [0.1, 0.15) is 16.7 Å². The number of esters is 1. The average molecular weight is 459 g/mol. The molecule has 1 aliphatic heterocycles. The van der Waals surface area contributed by atoms with Crippen molar-refractivity contribution in [1.29, 1.82) is 0 Å². The number of thiophene rings is 1. The number of hydrogen-bond acceptors (Lipinski definition) is 9. The van der Waals surface area contributed by atoms with Crippen molar-refractivity contribution in [2.24, 2.45) is 0 Å². The van der Waals surface area contributed by atoms with E-state index in [1.165, 1.54) is 22.3 Å². The molecule has 4 rings (SSSR count). The summed E-state index contributed by atoms with van der Waals surface area (Å²) in [5, 5.41) is 12.7. The number of amides is 1. The van der Waals surface area contributed by atoms with Crippen LogP contribution in [0, 0.1) is 13.8 Å². The summed E-state index contributed by atoms with van der Waals surface area (Å²) in [5.74, 6) is -2.00. The lowest BCUT2D eigenvalue weighted by Gasteiger charge is -2.22. The number of Topliss-reactive ketones (excluding diaryl/α,β-unsaturated/α-hetero) is 1. The predicted octanol–water partition coefficient (Wildman–Crippen LogP) is 4.37. The van der Waals surface area contributed by atoms with Crippen LogP contribution in [0.1, 0.15) is 49.5 Å². The molecule has 1 N–H and O–H groups in total. The number of ketones is 1. The average Bonchev–Trinajstić information content (AvgIpc) is 3.50. The number of hydrogen-bond donors (Lipinski definition) is 1. The Balaban J connectivity index is 1.81. The summed E-state index contributed by atoms with van der Waals surface area (Å²) in [5.41, 5.74) is 0.310. The lowest BCUT2D eigenvalue weighted by molar-refractivity contribution is -0.117. The minimum Gasteiger partial charge on any atom is -0.503 e. The molecule has 0 spiro atoms. The second-order valence-electron chi connectivity index (χ2n) is 6.73. The van der Waals surface area contributed by atoms with Gasteiger partial charge in [0.15, 0.2) is 16.7 Å². The van der Waals surface area contributed by atoms with Gasteiger partial charge in [-0.2, -0.15) is 0 Å². The van der Waals surface area contributed by atoms with Crippen LogP contribution in [-0.2, 0) is 9.53 Å². The third kappa shape index (κ3) is 3.57. The Morgan fingerprint density at radius 3 is 2.68 bits per heavy atom. The molecule has 8 nitrogen and oxygen atoms in total. The van der Waals surface area contributed by atoms with Gasteiger partial charge in [0.25, 0.3) is 5.91 Å². The van der Waals surface area contributed by atoms with Crippen LogP contribution >= 0.6 is 22.7 Å². The molecule has 10 heteroatoms. The largest absolute Gasteiger partial charge is 0.503 e. The highest BCUT2D eigenvalue weighted by Crippen LogP contribution is 2.45. The minimum atomic E-state index is -0.897. The zero-order chi connectivity index (χ0) is 22.3. The molecule has 1 aliphatic rings. The standard InChI is InChI=1S/C21H18N2O6S2/c1-4-28-20(27)18-11(3)22-21(31-18)23-15(13-6-5-9-30-13)14(17(25)19(23)26)16(24)12-8-7-10(2)29-12/h5-9,15,25H,4H2,1-3H3. The van der Waals surface area contributed by atoms with Crippen molar-refractivity contribution < 1.29 is 28.6 Å². The molecule has 3 aromatic heterocycles. The molecule has 0 aliphatic carbocycles. The Kier molecular flexibility index (Phi) is 5.50. The third-order valence-electron chi connectivity index (χ3n) is 4.68. The number of furan rings is 1. The number of thiazole rings is 1. The summed E-state index contributed by atoms with van der Waals surface area (Å²) >= 11 is 2.31. The summed E-state index contributed by atoms with van der Waals surface area (Å²) in [4.78, 5) is 45.0. The number of aryl methyl sites for hydroxylation is 2. The number of carbonyl (C=O) groups is 3. The van der Waals surface area contributed by atoms with Gasteiger partial charge >= 0.3 is 5.97 Å². The van der Waals surface area contributed by atoms with Crippen molar-refractivity contribution in [3.63, 3.8) is 0 Å². The van der Waals surface area contributed by atoms with Crippen LogP contribution in [-0.4, -0.2) is 34.4 Å². The molecule has 4 heterocycles. The first-order valence-corrected chi connectivity index (χ1v) is 11.1. The first-order chi connectivity index (χ1) is 14.8. The normalized spacial score (nSPS) is 16.3. The van der Waals surface area contributed by atoms with Gasteiger partial charge in [-0.05, 0) is 44.4 Å². The van der Waals surface area contributed by atoms with Crippen molar-refractivity contribution in [1.82, 2.24) is 4.98 Å². The molecule has 0 saturated carbocycles. The predicted molar refractivity (Wildman–Crippen MR) is 115 cm³/mol. The van der Waals surface area contributed by atoms with Crippen LogP contribution in [0.15, 0.2) is 45.4 Å². The summed E-state index contributed by atoms with van der Waals surface area (Å²) < 4.78 is 10.5. The van der Waals surface area contributed by atoms with Crippen molar-refractivity contribution in [3.05, 3.63) is 67.9 Å². The van der Waals surface area contributed by atoms with Gasteiger partial charge in [0, 0.05) is 4.88 Å². The molecule has 3 aromatic rings. The van der Waals surface area contributed by atoms with Crippen LogP contribution in [0.25, 0.3) is 0 Å². The lowest BCUT2D eigenvalue weighted by Crippen LogP contribution is -2.30. The molecule has 0 aromatic carbocycles. The van der Waals surface area contributed by atoms with Crippen LogP contribution in [0.2, 0.25) is 0 Å². The van der Waals surface area contributed by atoms with Crippen molar-refractivity contribution in [2.45, 2.75) is 26.8 Å². The Bertz CT molecular complexity index is 1200. The fraction of sp³-hybridized carbons (Fsp3) is 0.238. The van der Waals surface area contributed by atoms with Gasteiger partial charge in [0.05, 0.1) is 17.9 Å². The Labute approximate surface area is 185 Å². The number of ether oxygens (including phenoxy) is 1. The highest BCUT2D eigenvalue weighted by atomic mass is 32.1. The SMILES string of the molecule is CCOC(=O)c1sc(N2C(=O)C(O)=C(C(=O)c3ccc(C)o3)C2c2cccs2)nc1C. The van der Waals surface area contributed by atoms with Crippen LogP contribution in [0.4, 0.5) is 5.13 Å². The molecule has 0 saturated heterocycles. The Hall–Kier alpha value is -3.24. The third-order valence-corrected chi connectivity index (χ3v) is 6.74. The fourth-order valence-electron chi connectivity index (χ4n) is 3.31. The van der Waals surface area contributed by atoms with Crippen molar-refractivity contribution in [2.75, 3.05) is 11.5 Å². The van der Waals surface area contributed by atoms with E-state index in [1.807, 2.05) is 5.38 Å². The van der Waals surface area contributed by atoms with Crippen LogP contribution in [0.3, 0.4) is 0 Å². The molecule has 0 fully saturated rings. The van der Waals surface area contributed by atoms with E-state index >= 15 is 0 Å². The van der Waals surface area contributed by atoms with E-state index in [4.69, 9.17) is 9.15 Å². The van der Waals surface area contributed by atoms with Crippen LogP contribution < -0.4 is 4.90 Å². The number of anilines is 1. The smallest absolute Gasteiger partial charge is 0.350 e. The molecular weight excluding hydrogens is 440 g/mol. The van der Waals surface area contributed by atoms with Gasteiger partial charge in [-0.25, -0.2) is 9.78 Å². The molecule has 31 heavy (non-hydrogen) atoms. The fourth-order valence-corrected chi connectivity index (χ4v) is 5.12. The van der Waals surface area contributed by atoms with E-state index in [2.05, 4.69) is 4.98 Å². The molecule has 0 bridgehead atoms. The molecule has 1 amide bonds. The van der Waals surface area contributed by atoms with E-state index < -0.39 is 29.5 Å². The van der Waals surface area contributed by atoms with Gasteiger partial charge in [0.2, 0.25) is 5.78 Å². The Morgan fingerprint density at radius 1 is 1.29 bits per heavy atom. The van der Waals surface area contributed by atoms with Gasteiger partial charge < -0.3 is 14.3 Å². The highest BCUT2D eigenvalue weighted by molar-refractivity contribution is 7.17. The maximum Gasteiger partial charge on any atom is 0.350 e. The Morgan fingerprint density at radius 2 is 2.06 bits per heavy atom. The molecule has 1 atom stereocenters. The topological polar surface area (TPSA) is 110 Å². The summed E-state index contributed by atoms with van der Waals surface area (Å²) in [6.45, 7) is 5.23. The summed E-state index contributed by atoms with van der Waals surface area (Å²) in [6.07, 6.45) is 0. The first kappa shape index (κ1) is 21.0. The quantitative estimate of drug-likeness (QED) is 0.431. The monoisotopic (exact) mass is 458 g/mol. The van der Waals surface area contributed by atoms with Gasteiger partial charge in [-0.1, -0.05) is 17.4 Å². The molecule has 1 unspecified atom stereocenters. The highest BCUT2D eigenvalue weighted by Gasteiger charge is 2.47. The first-order valence-electron chi connectivity index (χ1n) is 9.39. The van der Waals surface area contributed by atoms with Gasteiger partial charge in [-0.3, -0.25) is 14.5 Å². The zero-order valence-corrected chi connectivity index (χ0v) is 18.5. The summed E-state index contributed by atoms with van der Waals surface area (Å²) in [6, 6.07) is 5.79. The lowest BCUT2D eigenvalue weighted by atomic mass is 10.0. The second kappa shape index (κ2) is 8.12. The van der Waals surface area contributed by atoms with E-state index in [0.717, 1.165) is 11.3 Å².